The maximum atomic E-state index is 12.3. The lowest BCUT2D eigenvalue weighted by atomic mass is 10.0. The number of hydrogen-bond acceptors (Lipinski definition) is 5. The number of thiophene rings is 1. The number of rotatable bonds is 5. The van der Waals surface area contributed by atoms with Crippen LogP contribution in [-0.4, -0.2) is 15.9 Å². The molecule has 1 atom stereocenters. The molecule has 22 heavy (non-hydrogen) atoms. The minimum absolute atomic E-state index is 0.148. The number of hydrogen-bond donors (Lipinski definition) is 2. The Bertz CT molecular complexity index is 683. The molecule has 116 valence electrons. The zero-order valence-corrected chi connectivity index (χ0v) is 13.0. The van der Waals surface area contributed by atoms with Gasteiger partial charge in [-0.3, -0.25) is 14.9 Å². The first kappa shape index (κ1) is 16.0. The van der Waals surface area contributed by atoms with E-state index in [0.717, 1.165) is 17.0 Å². The third-order valence-corrected chi connectivity index (χ3v) is 4.19. The van der Waals surface area contributed by atoms with E-state index >= 15 is 0 Å². The molecular weight excluding hydrogens is 304 g/mol. The zero-order valence-electron chi connectivity index (χ0n) is 12.1. The molecule has 7 heteroatoms. The normalized spacial score (nSPS) is 12.1. The lowest BCUT2D eigenvalue weighted by molar-refractivity contribution is -0.385. The number of benzene rings is 1. The van der Waals surface area contributed by atoms with Crippen LogP contribution in [0.15, 0.2) is 35.7 Å². The highest BCUT2D eigenvalue weighted by atomic mass is 32.1. The van der Waals surface area contributed by atoms with Crippen molar-refractivity contribution in [3.63, 3.8) is 0 Å². The maximum Gasteiger partial charge on any atom is 0.310 e. The average molecular weight is 320 g/mol. The van der Waals surface area contributed by atoms with E-state index in [1.54, 1.807) is 11.3 Å². The molecule has 2 N–H and O–H groups in total. The summed E-state index contributed by atoms with van der Waals surface area (Å²) in [7, 11) is 0. The number of amides is 1. The van der Waals surface area contributed by atoms with Crippen molar-refractivity contribution in [2.75, 3.05) is 0 Å². The summed E-state index contributed by atoms with van der Waals surface area (Å²) in [6.07, 6.45) is 0. The molecule has 2 aromatic rings. The molecule has 1 heterocycles. The van der Waals surface area contributed by atoms with Crippen molar-refractivity contribution in [3.05, 3.63) is 56.3 Å². The van der Waals surface area contributed by atoms with Crippen molar-refractivity contribution >= 4 is 22.9 Å². The lowest BCUT2D eigenvalue weighted by Gasteiger charge is -2.21. The molecule has 2 rings (SSSR count). The molecule has 0 saturated carbocycles. The Hall–Kier alpha value is -2.41. The number of nitrogens with one attached hydrogen (secondary N) is 1. The smallest absolute Gasteiger partial charge is 0.310 e. The molecule has 0 aliphatic heterocycles. The van der Waals surface area contributed by atoms with E-state index in [4.69, 9.17) is 0 Å². The van der Waals surface area contributed by atoms with Crippen LogP contribution < -0.4 is 5.32 Å². The van der Waals surface area contributed by atoms with Gasteiger partial charge in [0.1, 0.15) is 0 Å². The van der Waals surface area contributed by atoms with Gasteiger partial charge in [0.2, 0.25) is 0 Å². The van der Waals surface area contributed by atoms with Gasteiger partial charge in [0.15, 0.2) is 5.75 Å². The Balaban J connectivity index is 2.21. The topological polar surface area (TPSA) is 92.5 Å². The van der Waals surface area contributed by atoms with Crippen LogP contribution in [0.1, 0.15) is 35.1 Å². The summed E-state index contributed by atoms with van der Waals surface area (Å²) in [5.74, 6) is -0.707. The fourth-order valence-electron chi connectivity index (χ4n) is 2.08. The highest BCUT2D eigenvalue weighted by Crippen LogP contribution is 2.28. The second-order valence-corrected chi connectivity index (χ2v) is 6.15. The molecule has 0 aliphatic carbocycles. The molecule has 0 bridgehead atoms. The van der Waals surface area contributed by atoms with Gasteiger partial charge < -0.3 is 10.4 Å². The van der Waals surface area contributed by atoms with Crippen molar-refractivity contribution in [2.45, 2.75) is 19.9 Å². The van der Waals surface area contributed by atoms with Crippen LogP contribution in [0.2, 0.25) is 0 Å². The summed E-state index contributed by atoms with van der Waals surface area (Å²) < 4.78 is 0. The maximum absolute atomic E-state index is 12.3. The minimum atomic E-state index is -0.695. The fourth-order valence-corrected chi connectivity index (χ4v) is 3.03. The van der Waals surface area contributed by atoms with Gasteiger partial charge in [-0.25, -0.2) is 0 Å². The number of phenols is 1. The van der Waals surface area contributed by atoms with E-state index in [0.29, 0.717) is 0 Å². The molecule has 0 radical (unpaired) electrons. The summed E-state index contributed by atoms with van der Waals surface area (Å²) in [6, 6.07) is 7.28. The number of carbonyl (C=O) groups excluding carboxylic acids is 1. The van der Waals surface area contributed by atoms with Gasteiger partial charge >= 0.3 is 5.69 Å². The SMILES string of the molecule is CC(C)[C@H](NC(=O)c1ccc([N+](=O)[O-])c(O)c1)c1cccs1. The molecule has 0 spiro atoms. The van der Waals surface area contributed by atoms with E-state index in [1.165, 1.54) is 6.07 Å². The second-order valence-electron chi connectivity index (χ2n) is 5.17. The van der Waals surface area contributed by atoms with Crippen molar-refractivity contribution in [3.8, 4) is 5.75 Å². The fraction of sp³-hybridized carbons (Fsp3) is 0.267. The lowest BCUT2D eigenvalue weighted by Crippen LogP contribution is -2.31. The van der Waals surface area contributed by atoms with Crippen molar-refractivity contribution < 1.29 is 14.8 Å². The van der Waals surface area contributed by atoms with E-state index < -0.39 is 16.4 Å². The van der Waals surface area contributed by atoms with Crippen LogP contribution in [0.3, 0.4) is 0 Å². The minimum Gasteiger partial charge on any atom is -0.502 e. The summed E-state index contributed by atoms with van der Waals surface area (Å²) >= 11 is 1.55. The van der Waals surface area contributed by atoms with Crippen LogP contribution in [0.4, 0.5) is 5.69 Å². The van der Waals surface area contributed by atoms with E-state index in [1.807, 2.05) is 31.4 Å². The summed E-state index contributed by atoms with van der Waals surface area (Å²) in [4.78, 5) is 23.3. The Morgan fingerprint density at radius 3 is 2.59 bits per heavy atom. The number of nitro benzene ring substituents is 1. The molecule has 1 amide bonds. The molecule has 0 fully saturated rings. The predicted octanol–water partition coefficient (Wildman–Crippen LogP) is 3.49. The largest absolute Gasteiger partial charge is 0.502 e. The van der Waals surface area contributed by atoms with Crippen LogP contribution >= 0.6 is 11.3 Å². The van der Waals surface area contributed by atoms with Gasteiger partial charge in [-0.05, 0) is 29.5 Å². The predicted molar refractivity (Wildman–Crippen MR) is 84.1 cm³/mol. The third kappa shape index (κ3) is 3.43. The van der Waals surface area contributed by atoms with E-state index in [2.05, 4.69) is 5.32 Å². The van der Waals surface area contributed by atoms with Crippen molar-refractivity contribution in [1.82, 2.24) is 5.32 Å². The molecular formula is C15H16N2O4S. The number of nitro groups is 1. The first-order valence-corrected chi connectivity index (χ1v) is 7.59. The molecule has 6 nitrogen and oxygen atoms in total. The van der Waals surface area contributed by atoms with Gasteiger partial charge in [-0.1, -0.05) is 19.9 Å². The second kappa shape index (κ2) is 6.57. The van der Waals surface area contributed by atoms with Crippen LogP contribution in [-0.2, 0) is 0 Å². The Morgan fingerprint density at radius 2 is 2.09 bits per heavy atom. The zero-order chi connectivity index (χ0) is 16.3. The Kier molecular flexibility index (Phi) is 4.77. The van der Waals surface area contributed by atoms with E-state index in [9.17, 15) is 20.0 Å². The van der Waals surface area contributed by atoms with Gasteiger partial charge in [-0.15, -0.1) is 11.3 Å². The molecule has 0 saturated heterocycles. The van der Waals surface area contributed by atoms with Gasteiger partial charge in [0.25, 0.3) is 5.91 Å². The Labute approximate surface area is 131 Å². The van der Waals surface area contributed by atoms with Gasteiger partial charge in [0, 0.05) is 16.5 Å². The van der Waals surface area contributed by atoms with Crippen molar-refractivity contribution in [1.29, 1.82) is 0 Å². The monoisotopic (exact) mass is 320 g/mol. The average Bonchev–Trinajstić information content (AvgIpc) is 2.97. The Morgan fingerprint density at radius 1 is 1.36 bits per heavy atom. The summed E-state index contributed by atoms with van der Waals surface area (Å²) in [6.45, 7) is 4.00. The van der Waals surface area contributed by atoms with Gasteiger partial charge in [-0.2, -0.15) is 0 Å². The standard InChI is InChI=1S/C15H16N2O4S/c1-9(2)14(13-4-3-7-22-13)16-15(19)10-5-6-11(17(20)21)12(18)8-10/h3-9,14,18H,1-2H3,(H,16,19)/t14-/m0/s1. The molecule has 1 aromatic carbocycles. The summed E-state index contributed by atoms with van der Waals surface area (Å²) in [5, 5.41) is 25.1. The molecule has 0 aliphatic rings. The van der Waals surface area contributed by atoms with E-state index in [-0.39, 0.29) is 23.4 Å². The summed E-state index contributed by atoms with van der Waals surface area (Å²) in [5.41, 5.74) is -0.236. The molecule has 0 unspecified atom stereocenters. The number of phenolic OH excluding ortho intramolecular Hbond substituents is 1. The highest BCUT2D eigenvalue weighted by Gasteiger charge is 2.21. The number of carbonyl (C=O) groups is 1. The first-order chi connectivity index (χ1) is 10.4. The van der Waals surface area contributed by atoms with Crippen LogP contribution in [0, 0.1) is 16.0 Å². The third-order valence-electron chi connectivity index (χ3n) is 3.24. The molecule has 1 aromatic heterocycles. The van der Waals surface area contributed by atoms with Gasteiger partial charge in [0.05, 0.1) is 11.0 Å². The number of nitrogens with zero attached hydrogens (tertiary/aromatic N) is 1. The van der Waals surface area contributed by atoms with Crippen molar-refractivity contribution in [2.24, 2.45) is 5.92 Å². The quantitative estimate of drug-likeness (QED) is 0.651. The number of aromatic hydroxyl groups is 1. The van der Waals surface area contributed by atoms with Crippen LogP contribution in [0.5, 0.6) is 5.75 Å². The first-order valence-electron chi connectivity index (χ1n) is 6.72. The van der Waals surface area contributed by atoms with Crippen LogP contribution in [0.25, 0.3) is 0 Å². The highest BCUT2D eigenvalue weighted by molar-refractivity contribution is 7.10.